The third-order valence-electron chi connectivity index (χ3n) is 5.84. The minimum atomic E-state index is -0.0521. The van der Waals surface area contributed by atoms with E-state index in [9.17, 15) is 4.79 Å². The first-order chi connectivity index (χ1) is 15.6. The number of halogens is 1. The second kappa shape index (κ2) is 8.37. The standard InChI is InChI=1S/C23H23ClN6O2/c1-15-13-28(11-12-29(15)22(31)16-7-3-5-9-18(16)24)23-25-19-10-6-4-8-17(19)21-27-26-20(14-32-2)30(21)23/h3-10,15H,11-14H2,1-2H3/t15-/m0/s1. The van der Waals surface area contributed by atoms with Gasteiger partial charge >= 0.3 is 0 Å². The van der Waals surface area contributed by atoms with Gasteiger partial charge in [0.1, 0.15) is 6.61 Å². The van der Waals surface area contributed by atoms with Gasteiger partial charge in [-0.15, -0.1) is 10.2 Å². The number of hydrogen-bond donors (Lipinski definition) is 0. The van der Waals surface area contributed by atoms with Gasteiger partial charge in [-0.1, -0.05) is 35.9 Å². The van der Waals surface area contributed by atoms with Gasteiger partial charge in [0.05, 0.1) is 16.1 Å². The number of ether oxygens (including phenoxy) is 1. The van der Waals surface area contributed by atoms with Gasteiger partial charge in [0, 0.05) is 38.2 Å². The molecule has 1 atom stereocenters. The molecule has 164 valence electrons. The number of benzene rings is 2. The summed E-state index contributed by atoms with van der Waals surface area (Å²) >= 11 is 6.27. The van der Waals surface area contributed by atoms with Crippen molar-refractivity contribution in [2.75, 3.05) is 31.6 Å². The fourth-order valence-electron chi connectivity index (χ4n) is 4.28. The monoisotopic (exact) mass is 450 g/mol. The van der Waals surface area contributed by atoms with E-state index in [1.165, 1.54) is 0 Å². The van der Waals surface area contributed by atoms with E-state index in [4.69, 9.17) is 21.3 Å². The van der Waals surface area contributed by atoms with Gasteiger partial charge in [0.15, 0.2) is 11.5 Å². The Kier molecular flexibility index (Phi) is 5.40. The number of anilines is 1. The molecule has 1 fully saturated rings. The Balaban J connectivity index is 1.50. The molecule has 4 aromatic rings. The van der Waals surface area contributed by atoms with Gasteiger partial charge in [-0.3, -0.25) is 4.79 Å². The summed E-state index contributed by atoms with van der Waals surface area (Å²) in [5, 5.41) is 10.2. The molecule has 0 spiro atoms. The number of fused-ring (bicyclic) bond motifs is 3. The molecule has 1 aliphatic heterocycles. The highest BCUT2D eigenvalue weighted by atomic mass is 35.5. The van der Waals surface area contributed by atoms with Crippen LogP contribution in [-0.4, -0.2) is 63.2 Å². The van der Waals surface area contributed by atoms with Gasteiger partial charge in [0.2, 0.25) is 5.95 Å². The zero-order chi connectivity index (χ0) is 22.2. The second-order valence-corrected chi connectivity index (χ2v) is 8.32. The van der Waals surface area contributed by atoms with Crippen LogP contribution in [0.1, 0.15) is 23.1 Å². The molecule has 2 aromatic carbocycles. The number of carbonyl (C=O) groups is 1. The summed E-state index contributed by atoms with van der Waals surface area (Å²) in [6.07, 6.45) is 0. The first-order valence-corrected chi connectivity index (χ1v) is 10.9. The summed E-state index contributed by atoms with van der Waals surface area (Å²) in [7, 11) is 1.64. The van der Waals surface area contributed by atoms with Crippen molar-refractivity contribution in [3.8, 4) is 0 Å². The Hall–Kier alpha value is -3.23. The molecule has 5 rings (SSSR count). The Morgan fingerprint density at radius 3 is 2.69 bits per heavy atom. The lowest BCUT2D eigenvalue weighted by molar-refractivity contribution is 0.0673. The molecule has 1 amide bonds. The van der Waals surface area contributed by atoms with Crippen molar-refractivity contribution in [1.29, 1.82) is 0 Å². The molecular formula is C23H23ClN6O2. The Morgan fingerprint density at radius 2 is 1.91 bits per heavy atom. The van der Waals surface area contributed by atoms with E-state index in [0.29, 0.717) is 42.7 Å². The second-order valence-electron chi connectivity index (χ2n) is 7.91. The zero-order valence-electron chi connectivity index (χ0n) is 17.9. The van der Waals surface area contributed by atoms with Crippen LogP contribution in [-0.2, 0) is 11.3 Å². The van der Waals surface area contributed by atoms with E-state index >= 15 is 0 Å². The number of aromatic nitrogens is 4. The van der Waals surface area contributed by atoms with Crippen LogP contribution in [0, 0.1) is 0 Å². The summed E-state index contributed by atoms with van der Waals surface area (Å²) in [4.78, 5) is 22.1. The van der Waals surface area contributed by atoms with Crippen LogP contribution in [0.2, 0.25) is 5.02 Å². The molecule has 0 N–H and O–H groups in total. The lowest BCUT2D eigenvalue weighted by Gasteiger charge is -2.40. The number of methoxy groups -OCH3 is 1. The van der Waals surface area contributed by atoms with Crippen LogP contribution in [0.3, 0.4) is 0 Å². The predicted molar refractivity (Wildman–Crippen MR) is 123 cm³/mol. The summed E-state index contributed by atoms with van der Waals surface area (Å²) in [5.41, 5.74) is 2.13. The summed E-state index contributed by atoms with van der Waals surface area (Å²) in [6.45, 7) is 4.19. The van der Waals surface area contributed by atoms with Crippen molar-refractivity contribution in [2.45, 2.75) is 19.6 Å². The first-order valence-electron chi connectivity index (χ1n) is 10.5. The highest BCUT2D eigenvalue weighted by Gasteiger charge is 2.31. The van der Waals surface area contributed by atoms with Gasteiger partial charge in [-0.05, 0) is 31.2 Å². The number of carbonyl (C=O) groups excluding carboxylic acids is 1. The fourth-order valence-corrected chi connectivity index (χ4v) is 4.50. The van der Waals surface area contributed by atoms with Crippen molar-refractivity contribution in [3.63, 3.8) is 0 Å². The molecule has 0 unspecified atom stereocenters. The first kappa shape index (κ1) is 20.7. The average molecular weight is 451 g/mol. The molecule has 3 heterocycles. The van der Waals surface area contributed by atoms with Gasteiger partial charge in [-0.2, -0.15) is 0 Å². The van der Waals surface area contributed by atoms with Crippen LogP contribution in [0.4, 0.5) is 5.95 Å². The molecule has 32 heavy (non-hydrogen) atoms. The van der Waals surface area contributed by atoms with E-state index in [2.05, 4.69) is 15.1 Å². The fraction of sp³-hybridized carbons (Fsp3) is 0.304. The lowest BCUT2D eigenvalue weighted by Crippen LogP contribution is -2.54. The molecular weight excluding hydrogens is 428 g/mol. The number of hydrogen-bond acceptors (Lipinski definition) is 6. The van der Waals surface area contributed by atoms with Crippen molar-refractivity contribution in [3.05, 3.63) is 64.9 Å². The van der Waals surface area contributed by atoms with E-state index in [1.807, 2.05) is 52.6 Å². The van der Waals surface area contributed by atoms with Gasteiger partial charge < -0.3 is 14.5 Å². The minimum absolute atomic E-state index is 0.0294. The topological polar surface area (TPSA) is 75.9 Å². The van der Waals surface area contributed by atoms with Crippen LogP contribution < -0.4 is 4.90 Å². The predicted octanol–water partition coefficient (Wildman–Crippen LogP) is 3.43. The molecule has 0 saturated carbocycles. The quantitative estimate of drug-likeness (QED) is 0.474. The highest BCUT2D eigenvalue weighted by molar-refractivity contribution is 6.33. The molecule has 0 aliphatic carbocycles. The maximum absolute atomic E-state index is 13.1. The van der Waals surface area contributed by atoms with Gasteiger partial charge in [0.25, 0.3) is 5.91 Å². The third kappa shape index (κ3) is 3.45. The van der Waals surface area contributed by atoms with Crippen LogP contribution in [0.25, 0.3) is 16.6 Å². The van der Waals surface area contributed by atoms with Crippen molar-refractivity contribution in [1.82, 2.24) is 24.5 Å². The summed E-state index contributed by atoms with van der Waals surface area (Å²) in [6, 6.07) is 15.0. The molecule has 9 heteroatoms. The number of nitrogens with zero attached hydrogens (tertiary/aromatic N) is 6. The Labute approximate surface area is 190 Å². The Morgan fingerprint density at radius 1 is 1.12 bits per heavy atom. The highest BCUT2D eigenvalue weighted by Crippen LogP contribution is 2.27. The Bertz CT molecular complexity index is 1310. The molecule has 8 nitrogen and oxygen atoms in total. The maximum atomic E-state index is 13.1. The van der Waals surface area contributed by atoms with Crippen LogP contribution >= 0.6 is 11.6 Å². The SMILES string of the molecule is COCc1nnc2c3ccccc3nc(N3CCN(C(=O)c4ccccc4Cl)[C@@H](C)C3)n12. The van der Waals surface area contributed by atoms with E-state index in [1.54, 1.807) is 19.2 Å². The maximum Gasteiger partial charge on any atom is 0.255 e. The molecule has 0 bridgehead atoms. The van der Waals surface area contributed by atoms with E-state index < -0.39 is 0 Å². The van der Waals surface area contributed by atoms with Crippen LogP contribution in [0.15, 0.2) is 48.5 Å². The smallest absolute Gasteiger partial charge is 0.255 e. The van der Waals surface area contributed by atoms with E-state index in [-0.39, 0.29) is 11.9 Å². The molecule has 2 aromatic heterocycles. The minimum Gasteiger partial charge on any atom is -0.377 e. The van der Waals surface area contributed by atoms with Crippen molar-refractivity contribution in [2.24, 2.45) is 0 Å². The zero-order valence-corrected chi connectivity index (χ0v) is 18.7. The third-order valence-corrected chi connectivity index (χ3v) is 6.17. The van der Waals surface area contributed by atoms with Gasteiger partial charge in [-0.25, -0.2) is 9.38 Å². The van der Waals surface area contributed by atoms with Crippen LogP contribution in [0.5, 0.6) is 0 Å². The summed E-state index contributed by atoms with van der Waals surface area (Å²) in [5.74, 6) is 1.40. The molecule has 1 saturated heterocycles. The lowest BCUT2D eigenvalue weighted by atomic mass is 10.1. The van der Waals surface area contributed by atoms with Crippen molar-refractivity contribution >= 4 is 40.0 Å². The number of piperazine rings is 1. The van der Waals surface area contributed by atoms with E-state index in [0.717, 1.165) is 22.5 Å². The summed E-state index contributed by atoms with van der Waals surface area (Å²) < 4.78 is 7.31. The number of rotatable bonds is 4. The van der Waals surface area contributed by atoms with Crippen molar-refractivity contribution < 1.29 is 9.53 Å². The number of para-hydroxylation sites is 1. The largest absolute Gasteiger partial charge is 0.377 e. The average Bonchev–Trinajstić information content (AvgIpc) is 3.23. The molecule has 0 radical (unpaired) electrons. The molecule has 1 aliphatic rings. The normalized spacial score (nSPS) is 16.8. The number of amides is 1.